The summed E-state index contributed by atoms with van der Waals surface area (Å²) in [5, 5.41) is 5.63. The fourth-order valence-corrected chi connectivity index (χ4v) is 4.83. The zero-order valence-corrected chi connectivity index (χ0v) is 18.6. The fraction of sp³-hybridized carbons (Fsp3) is 0.385. The highest BCUT2D eigenvalue weighted by molar-refractivity contribution is 6.10. The standard InChI is InChI=1S/C26H30N4O2/c1-19-4-2-5-20-11-13-28-25(24(19)20)30(23-6-3-12-27-18-23)26(31)21-7-9-22(10-8-21)29-14-16-32-17-15-29/h2,4-5,7-11,13,23,27H,3,6,12,14-18H2,1H3/t23-/m1/s1. The first kappa shape index (κ1) is 20.9. The number of benzene rings is 2. The minimum absolute atomic E-state index is 0.00970. The van der Waals surface area contributed by atoms with Crippen molar-refractivity contribution >= 4 is 28.2 Å². The number of morpholine rings is 1. The third-order valence-corrected chi connectivity index (χ3v) is 6.55. The van der Waals surface area contributed by atoms with Crippen LogP contribution in [-0.4, -0.2) is 56.3 Å². The SMILES string of the molecule is Cc1cccc2ccnc(N(C(=O)c3ccc(N4CCOCC4)cc3)[C@@H]3CCCNC3)c12. The van der Waals surface area contributed by atoms with Gasteiger partial charge in [-0.1, -0.05) is 18.2 Å². The molecule has 3 heterocycles. The van der Waals surface area contributed by atoms with E-state index in [2.05, 4.69) is 47.5 Å². The molecular formula is C26H30N4O2. The lowest BCUT2D eigenvalue weighted by atomic mass is 10.0. The molecule has 1 amide bonds. The van der Waals surface area contributed by atoms with Gasteiger partial charge in [0.2, 0.25) is 0 Å². The topological polar surface area (TPSA) is 57.7 Å². The zero-order chi connectivity index (χ0) is 21.9. The Morgan fingerprint density at radius 1 is 1.12 bits per heavy atom. The Morgan fingerprint density at radius 3 is 2.69 bits per heavy atom. The molecular weight excluding hydrogens is 400 g/mol. The predicted octanol–water partition coefficient (Wildman–Crippen LogP) is 3.78. The van der Waals surface area contributed by atoms with Gasteiger partial charge in [-0.25, -0.2) is 4.98 Å². The number of pyridine rings is 1. The lowest BCUT2D eigenvalue weighted by molar-refractivity contribution is 0.0971. The molecule has 2 aromatic carbocycles. The molecule has 0 saturated carbocycles. The van der Waals surface area contributed by atoms with E-state index in [9.17, 15) is 4.79 Å². The minimum Gasteiger partial charge on any atom is -0.378 e. The number of aromatic nitrogens is 1. The summed E-state index contributed by atoms with van der Waals surface area (Å²) in [5.74, 6) is 0.770. The van der Waals surface area contributed by atoms with Crippen LogP contribution < -0.4 is 15.1 Å². The lowest BCUT2D eigenvalue weighted by Gasteiger charge is -2.35. The van der Waals surface area contributed by atoms with Crippen molar-refractivity contribution in [2.45, 2.75) is 25.8 Å². The third-order valence-electron chi connectivity index (χ3n) is 6.55. The van der Waals surface area contributed by atoms with Crippen LogP contribution in [0.4, 0.5) is 11.5 Å². The van der Waals surface area contributed by atoms with Gasteiger partial charge in [-0.05, 0) is 67.6 Å². The molecule has 1 aromatic heterocycles. The number of nitrogens with zero attached hydrogens (tertiary/aromatic N) is 3. The molecule has 5 rings (SSSR count). The molecule has 0 radical (unpaired) electrons. The number of hydrogen-bond donors (Lipinski definition) is 1. The number of fused-ring (bicyclic) bond motifs is 1. The Hall–Kier alpha value is -2.96. The maximum absolute atomic E-state index is 13.9. The van der Waals surface area contributed by atoms with Crippen LogP contribution in [0.1, 0.15) is 28.8 Å². The first-order chi connectivity index (χ1) is 15.7. The summed E-state index contributed by atoms with van der Waals surface area (Å²) in [6, 6.07) is 16.3. The molecule has 0 bridgehead atoms. The number of carbonyl (C=O) groups is 1. The van der Waals surface area contributed by atoms with Gasteiger partial charge in [0.05, 0.1) is 19.3 Å². The number of amides is 1. The molecule has 32 heavy (non-hydrogen) atoms. The molecule has 1 N–H and O–H groups in total. The second kappa shape index (κ2) is 9.27. The van der Waals surface area contributed by atoms with Gasteiger partial charge >= 0.3 is 0 Å². The van der Waals surface area contributed by atoms with E-state index in [0.717, 1.165) is 80.1 Å². The van der Waals surface area contributed by atoms with Crippen molar-refractivity contribution in [3.63, 3.8) is 0 Å². The molecule has 2 aliphatic rings. The quantitative estimate of drug-likeness (QED) is 0.683. The van der Waals surface area contributed by atoms with Crippen LogP contribution in [0.5, 0.6) is 0 Å². The second-order valence-corrected chi connectivity index (χ2v) is 8.63. The van der Waals surface area contributed by atoms with Crippen molar-refractivity contribution in [1.29, 1.82) is 0 Å². The van der Waals surface area contributed by atoms with Crippen LogP contribution in [-0.2, 0) is 4.74 Å². The van der Waals surface area contributed by atoms with Crippen LogP contribution in [0.3, 0.4) is 0 Å². The van der Waals surface area contributed by atoms with E-state index in [0.29, 0.717) is 5.56 Å². The number of hydrogen-bond acceptors (Lipinski definition) is 5. The highest BCUT2D eigenvalue weighted by atomic mass is 16.5. The minimum atomic E-state index is 0.00970. The first-order valence-corrected chi connectivity index (χ1v) is 11.5. The number of aryl methyl sites for hydroxylation is 1. The summed E-state index contributed by atoms with van der Waals surface area (Å²) >= 11 is 0. The summed E-state index contributed by atoms with van der Waals surface area (Å²) in [5.41, 5.74) is 2.96. The summed E-state index contributed by atoms with van der Waals surface area (Å²) < 4.78 is 5.46. The van der Waals surface area contributed by atoms with Crippen LogP contribution >= 0.6 is 0 Å². The van der Waals surface area contributed by atoms with Crippen LogP contribution in [0.2, 0.25) is 0 Å². The maximum atomic E-state index is 13.9. The summed E-state index contributed by atoms with van der Waals surface area (Å²) in [4.78, 5) is 22.9. The van der Waals surface area contributed by atoms with Gasteiger partial charge in [-0.2, -0.15) is 0 Å². The molecule has 2 saturated heterocycles. The van der Waals surface area contributed by atoms with Crippen molar-refractivity contribution < 1.29 is 9.53 Å². The van der Waals surface area contributed by atoms with E-state index < -0.39 is 0 Å². The largest absolute Gasteiger partial charge is 0.378 e. The molecule has 2 fully saturated rings. The highest BCUT2D eigenvalue weighted by Gasteiger charge is 2.30. The van der Waals surface area contributed by atoms with Gasteiger partial charge < -0.3 is 15.0 Å². The van der Waals surface area contributed by atoms with Crippen molar-refractivity contribution in [1.82, 2.24) is 10.3 Å². The van der Waals surface area contributed by atoms with Crippen molar-refractivity contribution in [3.05, 3.63) is 65.9 Å². The monoisotopic (exact) mass is 430 g/mol. The Kier molecular flexibility index (Phi) is 6.06. The molecule has 166 valence electrons. The van der Waals surface area contributed by atoms with Crippen LogP contribution in [0.15, 0.2) is 54.7 Å². The predicted molar refractivity (Wildman–Crippen MR) is 129 cm³/mol. The normalized spacial score (nSPS) is 19.2. The molecule has 3 aromatic rings. The first-order valence-electron chi connectivity index (χ1n) is 11.5. The van der Waals surface area contributed by atoms with E-state index in [1.807, 2.05) is 29.3 Å². The van der Waals surface area contributed by atoms with Crippen molar-refractivity contribution in [2.24, 2.45) is 0 Å². The van der Waals surface area contributed by atoms with Gasteiger partial charge in [0, 0.05) is 42.5 Å². The summed E-state index contributed by atoms with van der Waals surface area (Å²) in [7, 11) is 0. The van der Waals surface area contributed by atoms with Crippen molar-refractivity contribution in [2.75, 3.05) is 49.2 Å². The Labute approximate surface area is 189 Å². The maximum Gasteiger partial charge on any atom is 0.259 e. The average molecular weight is 431 g/mol. The highest BCUT2D eigenvalue weighted by Crippen LogP contribution is 2.31. The smallest absolute Gasteiger partial charge is 0.259 e. The molecule has 6 heteroatoms. The zero-order valence-electron chi connectivity index (χ0n) is 18.6. The number of ether oxygens (including phenoxy) is 1. The molecule has 6 nitrogen and oxygen atoms in total. The van der Waals surface area contributed by atoms with Crippen LogP contribution in [0.25, 0.3) is 10.8 Å². The van der Waals surface area contributed by atoms with Gasteiger partial charge in [0.1, 0.15) is 5.82 Å². The lowest BCUT2D eigenvalue weighted by Crippen LogP contribution is -2.49. The van der Waals surface area contributed by atoms with E-state index in [1.165, 1.54) is 0 Å². The number of carbonyl (C=O) groups excluding carboxylic acids is 1. The molecule has 0 spiro atoms. The van der Waals surface area contributed by atoms with Crippen molar-refractivity contribution in [3.8, 4) is 0 Å². The fourth-order valence-electron chi connectivity index (χ4n) is 4.83. The average Bonchev–Trinajstić information content (AvgIpc) is 2.86. The molecule has 0 aliphatic carbocycles. The van der Waals surface area contributed by atoms with Crippen LogP contribution in [0, 0.1) is 6.92 Å². The molecule has 0 unspecified atom stereocenters. The van der Waals surface area contributed by atoms with E-state index in [4.69, 9.17) is 9.72 Å². The molecule has 1 atom stereocenters. The Bertz CT molecular complexity index is 1080. The number of nitrogens with one attached hydrogen (secondary N) is 1. The van der Waals surface area contributed by atoms with Gasteiger partial charge in [-0.15, -0.1) is 0 Å². The summed E-state index contributed by atoms with van der Waals surface area (Å²) in [6.07, 6.45) is 3.83. The summed E-state index contributed by atoms with van der Waals surface area (Å²) in [6.45, 7) is 7.12. The number of piperidine rings is 1. The van der Waals surface area contributed by atoms with Gasteiger partial charge in [0.25, 0.3) is 5.91 Å². The third kappa shape index (κ3) is 4.08. The second-order valence-electron chi connectivity index (χ2n) is 8.63. The number of anilines is 2. The molecule has 2 aliphatic heterocycles. The Morgan fingerprint density at radius 2 is 1.94 bits per heavy atom. The van der Waals surface area contributed by atoms with E-state index >= 15 is 0 Å². The van der Waals surface area contributed by atoms with E-state index in [-0.39, 0.29) is 11.9 Å². The van der Waals surface area contributed by atoms with Gasteiger partial charge in [0.15, 0.2) is 0 Å². The van der Waals surface area contributed by atoms with E-state index in [1.54, 1.807) is 0 Å². The Balaban J connectivity index is 1.52. The van der Waals surface area contributed by atoms with Gasteiger partial charge in [-0.3, -0.25) is 9.69 Å². The number of rotatable bonds is 4.